The van der Waals surface area contributed by atoms with E-state index in [-0.39, 0.29) is 0 Å². The van der Waals surface area contributed by atoms with Gasteiger partial charge in [0.05, 0.1) is 0 Å². The monoisotopic (exact) mass is 130 g/mol. The standard InChI is InChI=1S/C7H14S/c1-2-3-4-5-6-7-8/h2-3,8H,4-7H2,1H3. The van der Waals surface area contributed by atoms with E-state index in [1.165, 1.54) is 19.3 Å². The van der Waals surface area contributed by atoms with Crippen molar-refractivity contribution in [1.82, 2.24) is 0 Å². The number of allylic oxidation sites excluding steroid dienone is 2. The molecule has 0 aliphatic rings. The van der Waals surface area contributed by atoms with Gasteiger partial charge < -0.3 is 0 Å². The van der Waals surface area contributed by atoms with Crippen molar-refractivity contribution in [1.29, 1.82) is 0 Å². The number of rotatable bonds is 4. The SMILES string of the molecule is CC=CCCCCS. The molecule has 0 fully saturated rings. The fourth-order valence-electron chi connectivity index (χ4n) is 0.541. The van der Waals surface area contributed by atoms with Crippen LogP contribution in [0.25, 0.3) is 0 Å². The molecular formula is C7H14S. The first-order valence-electron chi connectivity index (χ1n) is 3.14. The van der Waals surface area contributed by atoms with E-state index >= 15 is 0 Å². The van der Waals surface area contributed by atoms with Crippen molar-refractivity contribution in [2.45, 2.75) is 26.2 Å². The van der Waals surface area contributed by atoms with Crippen molar-refractivity contribution in [3.8, 4) is 0 Å². The Labute approximate surface area is 57.4 Å². The average molecular weight is 130 g/mol. The summed E-state index contributed by atoms with van der Waals surface area (Å²) in [7, 11) is 0. The summed E-state index contributed by atoms with van der Waals surface area (Å²) in [6.45, 7) is 2.06. The van der Waals surface area contributed by atoms with Gasteiger partial charge in [-0.2, -0.15) is 12.6 Å². The van der Waals surface area contributed by atoms with Gasteiger partial charge >= 0.3 is 0 Å². The van der Waals surface area contributed by atoms with Gasteiger partial charge in [-0.25, -0.2) is 0 Å². The normalized spacial score (nSPS) is 10.8. The molecule has 0 aliphatic carbocycles. The Hall–Kier alpha value is 0.0900. The third kappa shape index (κ3) is 6.09. The van der Waals surface area contributed by atoms with Crippen molar-refractivity contribution in [2.75, 3.05) is 5.75 Å². The molecule has 0 heterocycles. The predicted octanol–water partition coefficient (Wildman–Crippen LogP) is 2.66. The Bertz CT molecular complexity index is 57.4. The highest BCUT2D eigenvalue weighted by Gasteiger charge is 1.78. The zero-order valence-corrected chi connectivity index (χ0v) is 6.32. The van der Waals surface area contributed by atoms with Gasteiger partial charge in [-0.05, 0) is 31.9 Å². The van der Waals surface area contributed by atoms with Gasteiger partial charge in [-0.1, -0.05) is 12.2 Å². The summed E-state index contributed by atoms with van der Waals surface area (Å²) in [4.78, 5) is 0. The second-order valence-corrected chi connectivity index (χ2v) is 2.24. The van der Waals surface area contributed by atoms with Gasteiger partial charge in [0.25, 0.3) is 0 Å². The molecule has 0 aromatic carbocycles. The summed E-state index contributed by atoms with van der Waals surface area (Å²) < 4.78 is 0. The van der Waals surface area contributed by atoms with E-state index in [0.29, 0.717) is 0 Å². The molecule has 0 bridgehead atoms. The molecule has 0 aromatic rings. The van der Waals surface area contributed by atoms with Gasteiger partial charge in [-0.15, -0.1) is 0 Å². The third-order valence-corrected chi connectivity index (χ3v) is 1.33. The lowest BCUT2D eigenvalue weighted by atomic mass is 10.2. The minimum atomic E-state index is 1.03. The molecule has 0 unspecified atom stereocenters. The van der Waals surface area contributed by atoms with Crippen molar-refractivity contribution in [2.24, 2.45) is 0 Å². The average Bonchev–Trinajstić information content (AvgIpc) is 1.81. The summed E-state index contributed by atoms with van der Waals surface area (Å²) in [6.07, 6.45) is 8.04. The van der Waals surface area contributed by atoms with Crippen LogP contribution in [0.5, 0.6) is 0 Å². The van der Waals surface area contributed by atoms with Crippen LogP contribution in [0.1, 0.15) is 26.2 Å². The molecule has 8 heavy (non-hydrogen) atoms. The minimum Gasteiger partial charge on any atom is -0.179 e. The maximum atomic E-state index is 4.10. The molecule has 0 atom stereocenters. The minimum absolute atomic E-state index is 1.03. The largest absolute Gasteiger partial charge is 0.179 e. The molecule has 0 spiro atoms. The number of thiol groups is 1. The summed E-state index contributed by atoms with van der Waals surface area (Å²) in [5.41, 5.74) is 0. The van der Waals surface area contributed by atoms with Gasteiger partial charge in [0.15, 0.2) is 0 Å². The van der Waals surface area contributed by atoms with Crippen LogP contribution in [0.15, 0.2) is 12.2 Å². The summed E-state index contributed by atoms with van der Waals surface area (Å²) >= 11 is 4.10. The van der Waals surface area contributed by atoms with Gasteiger partial charge in [0, 0.05) is 0 Å². The van der Waals surface area contributed by atoms with Gasteiger partial charge in [-0.3, -0.25) is 0 Å². The van der Waals surface area contributed by atoms with E-state index in [0.717, 1.165) is 5.75 Å². The number of hydrogen-bond acceptors (Lipinski definition) is 1. The molecular weight excluding hydrogens is 116 g/mol. The molecule has 0 saturated heterocycles. The molecule has 0 aliphatic heterocycles. The van der Waals surface area contributed by atoms with Crippen molar-refractivity contribution >= 4 is 12.6 Å². The van der Waals surface area contributed by atoms with Crippen LogP contribution in [-0.4, -0.2) is 5.75 Å². The highest BCUT2D eigenvalue weighted by Crippen LogP contribution is 1.96. The van der Waals surface area contributed by atoms with Crippen LogP contribution in [0.2, 0.25) is 0 Å². The molecule has 48 valence electrons. The van der Waals surface area contributed by atoms with Crippen LogP contribution < -0.4 is 0 Å². The first-order valence-corrected chi connectivity index (χ1v) is 3.77. The van der Waals surface area contributed by atoms with Gasteiger partial charge in [0.1, 0.15) is 0 Å². The van der Waals surface area contributed by atoms with E-state index in [9.17, 15) is 0 Å². The van der Waals surface area contributed by atoms with Crippen LogP contribution in [0.3, 0.4) is 0 Å². The third-order valence-electron chi connectivity index (χ3n) is 1.01. The zero-order chi connectivity index (χ0) is 6.24. The fourth-order valence-corrected chi connectivity index (χ4v) is 0.764. The van der Waals surface area contributed by atoms with Crippen molar-refractivity contribution in [3.05, 3.63) is 12.2 Å². The van der Waals surface area contributed by atoms with Crippen LogP contribution in [-0.2, 0) is 0 Å². The quantitative estimate of drug-likeness (QED) is 0.337. The maximum absolute atomic E-state index is 4.10. The van der Waals surface area contributed by atoms with Crippen molar-refractivity contribution in [3.63, 3.8) is 0 Å². The lowest BCUT2D eigenvalue weighted by Gasteiger charge is -1.88. The van der Waals surface area contributed by atoms with E-state index in [4.69, 9.17) is 0 Å². The number of unbranched alkanes of at least 4 members (excludes halogenated alkanes) is 2. The molecule has 0 nitrogen and oxygen atoms in total. The van der Waals surface area contributed by atoms with Crippen LogP contribution in [0.4, 0.5) is 0 Å². The number of hydrogen-bond donors (Lipinski definition) is 1. The van der Waals surface area contributed by atoms with E-state index in [2.05, 4.69) is 31.7 Å². The predicted molar refractivity (Wildman–Crippen MR) is 42.5 cm³/mol. The van der Waals surface area contributed by atoms with E-state index < -0.39 is 0 Å². The lowest BCUT2D eigenvalue weighted by Crippen LogP contribution is -1.72. The fraction of sp³-hybridized carbons (Fsp3) is 0.714. The first kappa shape index (κ1) is 8.09. The Morgan fingerprint density at radius 3 is 2.62 bits per heavy atom. The highest BCUT2D eigenvalue weighted by atomic mass is 32.1. The molecule has 0 saturated carbocycles. The lowest BCUT2D eigenvalue weighted by molar-refractivity contribution is 0.824. The smallest absolute Gasteiger partial charge is 0.00978 e. The Balaban J connectivity index is 2.72. The van der Waals surface area contributed by atoms with E-state index in [1.807, 2.05) is 0 Å². The molecule has 0 N–H and O–H groups in total. The molecule has 0 aromatic heterocycles. The second-order valence-electron chi connectivity index (χ2n) is 1.79. The summed E-state index contributed by atoms with van der Waals surface area (Å²) in [6, 6.07) is 0. The molecule has 0 radical (unpaired) electrons. The molecule has 0 rings (SSSR count). The maximum Gasteiger partial charge on any atom is -0.00978 e. The highest BCUT2D eigenvalue weighted by molar-refractivity contribution is 7.80. The second kappa shape index (κ2) is 7.09. The van der Waals surface area contributed by atoms with E-state index in [1.54, 1.807) is 0 Å². The Morgan fingerprint density at radius 1 is 1.38 bits per heavy atom. The summed E-state index contributed by atoms with van der Waals surface area (Å²) in [5, 5.41) is 0. The van der Waals surface area contributed by atoms with Crippen LogP contribution in [0, 0.1) is 0 Å². The van der Waals surface area contributed by atoms with Crippen molar-refractivity contribution < 1.29 is 0 Å². The van der Waals surface area contributed by atoms with Gasteiger partial charge in [0.2, 0.25) is 0 Å². The summed E-state index contributed by atoms with van der Waals surface area (Å²) in [5.74, 6) is 1.03. The molecule has 1 heteroatoms. The topological polar surface area (TPSA) is 0 Å². The Kier molecular flexibility index (Phi) is 7.17. The zero-order valence-electron chi connectivity index (χ0n) is 5.43. The molecule has 0 amide bonds. The Morgan fingerprint density at radius 2 is 2.12 bits per heavy atom. The van der Waals surface area contributed by atoms with Crippen LogP contribution >= 0.6 is 12.6 Å². The first-order chi connectivity index (χ1) is 3.91.